The Kier molecular flexibility index (Phi) is 6.13. The summed E-state index contributed by atoms with van der Waals surface area (Å²) < 4.78 is 27.9. The van der Waals surface area contributed by atoms with Gasteiger partial charge in [0.05, 0.1) is 16.8 Å². The van der Waals surface area contributed by atoms with Crippen LogP contribution in [-0.2, 0) is 0 Å². The topological polar surface area (TPSA) is 62.2 Å². The molecule has 168 valence electrons. The van der Waals surface area contributed by atoms with Gasteiger partial charge in [-0.2, -0.15) is 0 Å². The van der Waals surface area contributed by atoms with Crippen molar-refractivity contribution in [2.24, 2.45) is 11.8 Å². The van der Waals surface area contributed by atoms with E-state index in [1.54, 1.807) is 24.4 Å². The first-order chi connectivity index (χ1) is 15.2. The fraction of sp³-hybridized carbons (Fsp3) is 0.385. The number of hydrogen-bond acceptors (Lipinski definition) is 4. The molecular formula is C26H28F2N2O2. The van der Waals surface area contributed by atoms with Crippen LogP contribution in [0.15, 0.2) is 36.5 Å². The van der Waals surface area contributed by atoms with Crippen molar-refractivity contribution in [2.75, 3.05) is 5.32 Å². The molecule has 6 heteroatoms. The van der Waals surface area contributed by atoms with Crippen molar-refractivity contribution in [1.29, 1.82) is 0 Å². The Morgan fingerprint density at radius 3 is 2.34 bits per heavy atom. The highest BCUT2D eigenvalue weighted by Gasteiger charge is 2.23. The molecule has 0 spiro atoms. The number of pyridine rings is 1. The number of halogens is 2. The number of rotatable bonds is 5. The molecule has 1 saturated carbocycles. The summed E-state index contributed by atoms with van der Waals surface area (Å²) in [6.45, 7) is 5.97. The van der Waals surface area contributed by atoms with E-state index in [2.05, 4.69) is 17.2 Å². The number of Topliss-reactive ketones (excluding diaryl/α,β-unsaturated/α-hetero) is 1. The van der Waals surface area contributed by atoms with Gasteiger partial charge in [-0.15, -0.1) is 0 Å². The molecule has 0 saturated heterocycles. The number of ketones is 1. The number of aromatic hydroxyl groups is 1. The van der Waals surface area contributed by atoms with Gasteiger partial charge in [0.1, 0.15) is 0 Å². The van der Waals surface area contributed by atoms with E-state index in [-0.39, 0.29) is 17.7 Å². The number of aromatic nitrogens is 1. The third kappa shape index (κ3) is 4.31. The Balaban J connectivity index is 1.85. The highest BCUT2D eigenvalue weighted by Crippen LogP contribution is 2.35. The second kappa shape index (κ2) is 8.85. The summed E-state index contributed by atoms with van der Waals surface area (Å²) in [6, 6.07) is 7.78. The first-order valence-corrected chi connectivity index (χ1v) is 11.2. The zero-order valence-corrected chi connectivity index (χ0v) is 18.6. The fourth-order valence-electron chi connectivity index (χ4n) is 4.37. The van der Waals surface area contributed by atoms with Crippen molar-refractivity contribution in [3.8, 4) is 16.9 Å². The lowest BCUT2D eigenvalue weighted by Gasteiger charge is -2.29. The number of hydrogen-bond donors (Lipinski definition) is 2. The molecule has 0 bridgehead atoms. The third-order valence-electron chi connectivity index (χ3n) is 6.37. The molecule has 4 nitrogen and oxygen atoms in total. The maximum Gasteiger partial charge on any atom is 0.187 e. The van der Waals surface area contributed by atoms with E-state index >= 15 is 0 Å². The lowest BCUT2D eigenvalue weighted by atomic mass is 9.87. The Hall–Kier alpha value is -3.02. The molecule has 0 unspecified atom stereocenters. The van der Waals surface area contributed by atoms with Crippen LogP contribution in [0.25, 0.3) is 22.0 Å². The molecule has 2 N–H and O–H groups in total. The number of nitrogens with one attached hydrogen (secondary N) is 1. The lowest BCUT2D eigenvalue weighted by Crippen LogP contribution is -2.26. The van der Waals surface area contributed by atoms with E-state index in [9.17, 15) is 18.7 Å². The molecule has 1 aliphatic rings. The minimum absolute atomic E-state index is 0.00166. The molecule has 1 aromatic heterocycles. The molecule has 1 aliphatic carbocycles. The van der Waals surface area contributed by atoms with Crippen LogP contribution in [0, 0.1) is 23.5 Å². The maximum absolute atomic E-state index is 14.0. The van der Waals surface area contributed by atoms with Gasteiger partial charge in [0.2, 0.25) is 0 Å². The number of benzene rings is 2. The average molecular weight is 439 g/mol. The minimum atomic E-state index is -1.02. The van der Waals surface area contributed by atoms with Crippen LogP contribution in [0.3, 0.4) is 0 Å². The zero-order chi connectivity index (χ0) is 23.0. The van der Waals surface area contributed by atoms with Crippen molar-refractivity contribution in [3.63, 3.8) is 0 Å². The molecule has 32 heavy (non-hydrogen) atoms. The molecule has 1 heterocycles. The molecule has 3 aromatic rings. The first-order valence-electron chi connectivity index (χ1n) is 11.2. The van der Waals surface area contributed by atoms with Crippen LogP contribution in [-0.4, -0.2) is 21.9 Å². The van der Waals surface area contributed by atoms with Gasteiger partial charge < -0.3 is 10.4 Å². The summed E-state index contributed by atoms with van der Waals surface area (Å²) >= 11 is 0. The Bertz CT molecular complexity index is 1140. The van der Waals surface area contributed by atoms with Crippen molar-refractivity contribution < 1.29 is 18.7 Å². The largest absolute Gasteiger partial charge is 0.503 e. The highest BCUT2D eigenvalue weighted by atomic mass is 19.1. The van der Waals surface area contributed by atoms with E-state index < -0.39 is 17.4 Å². The predicted molar refractivity (Wildman–Crippen MR) is 123 cm³/mol. The molecule has 1 fully saturated rings. The van der Waals surface area contributed by atoms with Gasteiger partial charge in [-0.3, -0.25) is 9.78 Å². The number of carbonyl (C=O) groups is 1. The summed E-state index contributed by atoms with van der Waals surface area (Å²) in [5, 5.41) is 13.8. The van der Waals surface area contributed by atoms with Crippen LogP contribution < -0.4 is 5.32 Å². The van der Waals surface area contributed by atoms with Gasteiger partial charge in [-0.05, 0) is 67.0 Å². The fourth-order valence-corrected chi connectivity index (χ4v) is 4.37. The second-order valence-corrected chi connectivity index (χ2v) is 9.19. The number of anilines is 1. The molecule has 0 radical (unpaired) electrons. The molecule has 4 rings (SSSR count). The highest BCUT2D eigenvalue weighted by molar-refractivity contribution is 6.09. The lowest BCUT2D eigenvalue weighted by molar-refractivity contribution is 0.0940. The number of fused-ring (bicyclic) bond motifs is 1. The van der Waals surface area contributed by atoms with Crippen LogP contribution in [0.5, 0.6) is 5.75 Å². The van der Waals surface area contributed by atoms with Crippen LogP contribution in [0.4, 0.5) is 14.5 Å². The normalized spacial score (nSPS) is 18.8. The third-order valence-corrected chi connectivity index (χ3v) is 6.37. The van der Waals surface area contributed by atoms with Crippen LogP contribution >= 0.6 is 0 Å². The number of phenolic OH excluding ortho intramolecular Hbond substituents is 1. The molecule has 0 aliphatic heterocycles. The molecule has 2 aromatic carbocycles. The van der Waals surface area contributed by atoms with E-state index in [1.807, 2.05) is 13.8 Å². The number of carbonyl (C=O) groups excluding carboxylic acids is 1. The van der Waals surface area contributed by atoms with Crippen molar-refractivity contribution in [2.45, 2.75) is 52.5 Å². The quantitative estimate of drug-likeness (QED) is 0.434. The van der Waals surface area contributed by atoms with Gasteiger partial charge in [-0.25, -0.2) is 8.78 Å². The van der Waals surface area contributed by atoms with E-state index in [4.69, 9.17) is 0 Å². The second-order valence-electron chi connectivity index (χ2n) is 9.19. The van der Waals surface area contributed by atoms with Gasteiger partial charge >= 0.3 is 0 Å². The van der Waals surface area contributed by atoms with Crippen molar-refractivity contribution >= 4 is 22.4 Å². The number of nitrogens with zero attached hydrogens (tertiary/aromatic N) is 1. The van der Waals surface area contributed by atoms with Gasteiger partial charge in [0.15, 0.2) is 23.2 Å². The predicted octanol–water partition coefficient (Wildman–Crippen LogP) is 6.71. The zero-order valence-electron chi connectivity index (χ0n) is 18.6. The van der Waals surface area contributed by atoms with Crippen molar-refractivity contribution in [1.82, 2.24) is 4.98 Å². The standard InChI is InChI=1S/C26H28F2N2O2/c1-14(2)25(31)20-13-29-23-9-6-16(17-11-21(27)26(32)22(28)12-17)10-19(23)24(20)30-18-7-4-15(3)5-8-18/h6,9-15,18,32H,4-5,7-8H2,1-3H3,(H,29,30). The summed E-state index contributed by atoms with van der Waals surface area (Å²) in [6.07, 6.45) is 5.93. The summed E-state index contributed by atoms with van der Waals surface area (Å²) in [5.74, 6) is -2.52. The molecule has 0 atom stereocenters. The van der Waals surface area contributed by atoms with Crippen LogP contribution in [0.2, 0.25) is 0 Å². The van der Waals surface area contributed by atoms with Gasteiger partial charge in [0.25, 0.3) is 0 Å². The van der Waals surface area contributed by atoms with E-state index in [0.717, 1.165) is 48.9 Å². The van der Waals surface area contributed by atoms with Crippen molar-refractivity contribution in [3.05, 3.63) is 53.7 Å². The van der Waals surface area contributed by atoms with E-state index in [0.29, 0.717) is 28.1 Å². The average Bonchev–Trinajstić information content (AvgIpc) is 2.78. The summed E-state index contributed by atoms with van der Waals surface area (Å²) in [4.78, 5) is 17.5. The summed E-state index contributed by atoms with van der Waals surface area (Å²) in [7, 11) is 0. The monoisotopic (exact) mass is 438 g/mol. The number of phenols is 1. The Labute approximate surface area is 186 Å². The Morgan fingerprint density at radius 2 is 1.72 bits per heavy atom. The smallest absolute Gasteiger partial charge is 0.187 e. The Morgan fingerprint density at radius 1 is 1.06 bits per heavy atom. The van der Waals surface area contributed by atoms with E-state index in [1.165, 1.54) is 0 Å². The minimum Gasteiger partial charge on any atom is -0.503 e. The molecular weight excluding hydrogens is 410 g/mol. The SMILES string of the molecule is CC1CCC(Nc2c(C(=O)C(C)C)cnc3ccc(-c4cc(F)c(O)c(F)c4)cc23)CC1. The van der Waals surface area contributed by atoms with Gasteiger partial charge in [0, 0.05) is 23.5 Å². The molecule has 0 amide bonds. The first kappa shape index (κ1) is 22.2. The maximum atomic E-state index is 14.0. The van der Waals surface area contributed by atoms with Gasteiger partial charge in [-0.1, -0.05) is 26.8 Å². The summed E-state index contributed by atoms with van der Waals surface area (Å²) in [5.41, 5.74) is 2.84. The van der Waals surface area contributed by atoms with Crippen LogP contribution in [0.1, 0.15) is 56.8 Å².